The Bertz CT molecular complexity index is 248. The summed E-state index contributed by atoms with van der Waals surface area (Å²) in [6.07, 6.45) is 3.04. The Morgan fingerprint density at radius 3 is 2.13 bits per heavy atom. The molecule has 3 nitrogen and oxygen atoms in total. The highest BCUT2D eigenvalue weighted by Gasteiger charge is 2.43. The third-order valence-corrected chi connectivity index (χ3v) is 2.64. The summed E-state index contributed by atoms with van der Waals surface area (Å²) in [6.45, 7) is 9.53. The minimum absolute atomic E-state index is 0.0423. The van der Waals surface area contributed by atoms with Gasteiger partial charge in [-0.05, 0) is 12.8 Å². The van der Waals surface area contributed by atoms with Gasteiger partial charge in [-0.25, -0.2) is 0 Å². The quantitative estimate of drug-likeness (QED) is 0.530. The summed E-state index contributed by atoms with van der Waals surface area (Å²) in [7, 11) is 1.55. The van der Waals surface area contributed by atoms with Crippen LogP contribution in [-0.4, -0.2) is 23.8 Å². The lowest BCUT2D eigenvalue weighted by molar-refractivity contribution is -0.138. The van der Waals surface area contributed by atoms with Crippen molar-refractivity contribution in [1.29, 1.82) is 0 Å². The van der Waals surface area contributed by atoms with E-state index in [0.29, 0.717) is 6.42 Å². The van der Waals surface area contributed by atoms with E-state index >= 15 is 0 Å². The smallest absolute Gasteiger partial charge is 0.233 e. The number of carbonyl (C=O) groups is 2. The molecule has 1 aliphatic heterocycles. The zero-order valence-corrected chi connectivity index (χ0v) is 10.1. The molecule has 0 aromatic rings. The van der Waals surface area contributed by atoms with Gasteiger partial charge in [-0.2, -0.15) is 0 Å². The second-order valence-electron chi connectivity index (χ2n) is 3.38. The molecule has 2 atom stereocenters. The van der Waals surface area contributed by atoms with Gasteiger partial charge in [0.15, 0.2) is 0 Å². The van der Waals surface area contributed by atoms with Gasteiger partial charge in [0.05, 0.1) is 11.8 Å². The Morgan fingerprint density at radius 1 is 1.27 bits per heavy atom. The molecule has 0 aliphatic carbocycles. The molecule has 1 saturated heterocycles. The second kappa shape index (κ2) is 6.38. The maximum Gasteiger partial charge on any atom is 0.233 e. The minimum Gasteiger partial charge on any atom is -0.285 e. The molecule has 3 heteroatoms. The highest BCUT2D eigenvalue weighted by Crippen LogP contribution is 2.30. The first-order chi connectivity index (χ1) is 7.13. The number of amides is 2. The first-order valence-corrected chi connectivity index (χ1v) is 5.55. The van der Waals surface area contributed by atoms with Crippen LogP contribution < -0.4 is 0 Å². The van der Waals surface area contributed by atoms with Crippen molar-refractivity contribution in [2.45, 2.75) is 33.6 Å². The summed E-state index contributed by atoms with van der Waals surface area (Å²) in [5.41, 5.74) is 0. The zero-order chi connectivity index (χ0) is 12.0. The van der Waals surface area contributed by atoms with Crippen molar-refractivity contribution >= 4 is 11.8 Å². The third kappa shape index (κ3) is 2.67. The van der Waals surface area contributed by atoms with Crippen molar-refractivity contribution in [3.63, 3.8) is 0 Å². The molecule has 0 aromatic carbocycles. The monoisotopic (exact) mass is 211 g/mol. The number of carbonyl (C=O) groups excluding carboxylic acids is 2. The second-order valence-corrected chi connectivity index (χ2v) is 3.38. The van der Waals surface area contributed by atoms with Gasteiger partial charge < -0.3 is 0 Å². The number of rotatable bonds is 3. The number of hydrogen-bond acceptors (Lipinski definition) is 2. The Labute approximate surface area is 92.1 Å². The van der Waals surface area contributed by atoms with Gasteiger partial charge in [0.25, 0.3) is 0 Å². The Balaban J connectivity index is 0.000000921. The van der Waals surface area contributed by atoms with Crippen LogP contribution in [-0.2, 0) is 9.59 Å². The van der Waals surface area contributed by atoms with Crippen LogP contribution >= 0.6 is 0 Å². The summed E-state index contributed by atoms with van der Waals surface area (Å²) in [4.78, 5) is 24.3. The van der Waals surface area contributed by atoms with Crippen LogP contribution in [0, 0.1) is 11.8 Å². The van der Waals surface area contributed by atoms with E-state index in [1.54, 1.807) is 13.1 Å². The van der Waals surface area contributed by atoms with Crippen molar-refractivity contribution in [2.24, 2.45) is 11.8 Å². The van der Waals surface area contributed by atoms with Gasteiger partial charge in [0.2, 0.25) is 11.8 Å². The largest absolute Gasteiger partial charge is 0.285 e. The maximum absolute atomic E-state index is 11.5. The summed E-state index contributed by atoms with van der Waals surface area (Å²) in [5.74, 6) is -0.397. The third-order valence-electron chi connectivity index (χ3n) is 2.64. The molecule has 1 rings (SSSR count). The predicted octanol–water partition coefficient (Wildman–Crippen LogP) is 2.23. The fraction of sp³-hybridized carbons (Fsp3) is 0.667. The van der Waals surface area contributed by atoms with E-state index in [4.69, 9.17) is 0 Å². The summed E-state index contributed by atoms with van der Waals surface area (Å²) >= 11 is 0. The molecular weight excluding hydrogens is 190 g/mol. The SMILES string of the molecule is C=CCC1C(=O)N(C)C(=O)C1CC.CC. The molecule has 0 radical (unpaired) electrons. The van der Waals surface area contributed by atoms with Crippen molar-refractivity contribution < 1.29 is 9.59 Å². The van der Waals surface area contributed by atoms with Crippen LogP contribution in [0.25, 0.3) is 0 Å². The average molecular weight is 211 g/mol. The highest BCUT2D eigenvalue weighted by atomic mass is 16.2. The lowest BCUT2D eigenvalue weighted by atomic mass is 9.90. The van der Waals surface area contributed by atoms with Crippen LogP contribution in [0.4, 0.5) is 0 Å². The Kier molecular flexibility index (Phi) is 5.90. The molecule has 2 unspecified atom stereocenters. The van der Waals surface area contributed by atoms with Crippen LogP contribution in [0.5, 0.6) is 0 Å². The van der Waals surface area contributed by atoms with Gasteiger partial charge in [-0.1, -0.05) is 26.8 Å². The van der Waals surface area contributed by atoms with Crippen LogP contribution in [0.1, 0.15) is 33.6 Å². The van der Waals surface area contributed by atoms with Crippen molar-refractivity contribution in [3.05, 3.63) is 12.7 Å². The van der Waals surface area contributed by atoms with Crippen molar-refractivity contribution in [2.75, 3.05) is 7.05 Å². The predicted molar refractivity (Wildman–Crippen MR) is 61.2 cm³/mol. The van der Waals surface area contributed by atoms with Crippen LogP contribution in [0.3, 0.4) is 0 Å². The lowest BCUT2D eigenvalue weighted by Crippen LogP contribution is -2.26. The molecule has 15 heavy (non-hydrogen) atoms. The molecule has 0 N–H and O–H groups in total. The van der Waals surface area contributed by atoms with Crippen LogP contribution in [0.2, 0.25) is 0 Å². The number of likely N-dealkylation sites (tertiary alicyclic amines) is 1. The molecule has 1 heterocycles. The first-order valence-electron chi connectivity index (χ1n) is 5.55. The van der Waals surface area contributed by atoms with E-state index in [1.165, 1.54) is 4.90 Å². The fourth-order valence-corrected chi connectivity index (χ4v) is 1.85. The number of hydrogen-bond donors (Lipinski definition) is 0. The Hall–Kier alpha value is -1.12. The van der Waals surface area contributed by atoms with Gasteiger partial charge >= 0.3 is 0 Å². The average Bonchev–Trinajstić information content (AvgIpc) is 2.47. The summed E-state index contributed by atoms with van der Waals surface area (Å²) in [6, 6.07) is 0. The number of nitrogens with zero attached hydrogens (tertiary/aromatic N) is 1. The molecule has 0 bridgehead atoms. The Morgan fingerprint density at radius 2 is 1.73 bits per heavy atom. The standard InChI is InChI=1S/C10H15NO2.C2H6/c1-4-6-8-7(5-2)9(12)11(3)10(8)13;1-2/h4,7-8H,1,5-6H2,2-3H3;1-2H3. The van der Waals surface area contributed by atoms with E-state index in [-0.39, 0.29) is 23.7 Å². The van der Waals surface area contributed by atoms with E-state index in [1.807, 2.05) is 20.8 Å². The van der Waals surface area contributed by atoms with E-state index in [2.05, 4.69) is 6.58 Å². The molecule has 2 amide bonds. The summed E-state index contributed by atoms with van der Waals surface area (Å²) in [5, 5.41) is 0. The topological polar surface area (TPSA) is 37.4 Å². The highest BCUT2D eigenvalue weighted by molar-refractivity contribution is 6.04. The van der Waals surface area contributed by atoms with Crippen molar-refractivity contribution in [3.8, 4) is 0 Å². The summed E-state index contributed by atoms with van der Waals surface area (Å²) < 4.78 is 0. The molecular formula is C12H21NO2. The molecule has 1 aliphatic rings. The lowest BCUT2D eigenvalue weighted by Gasteiger charge is -2.09. The normalized spacial score (nSPS) is 24.9. The van der Waals surface area contributed by atoms with Gasteiger partial charge in [-0.3, -0.25) is 14.5 Å². The molecule has 1 fully saturated rings. The number of allylic oxidation sites excluding steroid dienone is 1. The minimum atomic E-state index is -0.167. The maximum atomic E-state index is 11.5. The van der Waals surface area contributed by atoms with Gasteiger partial charge in [0.1, 0.15) is 0 Å². The van der Waals surface area contributed by atoms with E-state index < -0.39 is 0 Å². The van der Waals surface area contributed by atoms with Crippen LogP contribution in [0.15, 0.2) is 12.7 Å². The fourth-order valence-electron chi connectivity index (χ4n) is 1.85. The molecule has 0 spiro atoms. The number of imide groups is 1. The molecule has 0 saturated carbocycles. The molecule has 86 valence electrons. The van der Waals surface area contributed by atoms with E-state index in [0.717, 1.165) is 6.42 Å². The first kappa shape index (κ1) is 13.9. The van der Waals surface area contributed by atoms with E-state index in [9.17, 15) is 9.59 Å². The van der Waals surface area contributed by atoms with Gasteiger partial charge in [-0.15, -0.1) is 6.58 Å². The molecule has 0 aromatic heterocycles. The zero-order valence-electron chi connectivity index (χ0n) is 10.1. The van der Waals surface area contributed by atoms with Crippen molar-refractivity contribution in [1.82, 2.24) is 4.90 Å². The van der Waals surface area contributed by atoms with Gasteiger partial charge in [0, 0.05) is 7.05 Å².